The van der Waals surface area contributed by atoms with Crippen LogP contribution in [0.2, 0.25) is 0 Å². The number of hydrogen-bond donors (Lipinski definition) is 5. The lowest BCUT2D eigenvalue weighted by Crippen LogP contribution is -2.47. The lowest BCUT2D eigenvalue weighted by atomic mass is 10.0. The molecule has 5 N–H and O–H groups in total. The van der Waals surface area contributed by atoms with E-state index in [1.54, 1.807) is 0 Å². The van der Waals surface area contributed by atoms with Crippen molar-refractivity contribution in [1.29, 1.82) is 0 Å². The average molecular weight is 224 g/mol. The smallest absolute Gasteiger partial charge is 0.219 e. The Morgan fingerprint density at radius 2 is 1.80 bits per heavy atom. The first kappa shape index (κ1) is 14.4. The van der Waals surface area contributed by atoms with Crippen molar-refractivity contribution in [3.05, 3.63) is 0 Å². The van der Waals surface area contributed by atoms with E-state index in [4.69, 9.17) is 20.4 Å². The molecule has 0 aromatic carbocycles. The molecule has 7 nitrogen and oxygen atoms in total. The number of Topliss-reactive ketones (excluding diaryl/α,β-unsaturated/α-hetero) is 1. The van der Waals surface area contributed by atoms with Gasteiger partial charge < -0.3 is 30.3 Å². The highest BCUT2D eigenvalue weighted by Crippen LogP contribution is 2.04. The highest BCUT2D eigenvalue weighted by atomic mass is 16.6. The minimum absolute atomic E-state index is 0.0538. The number of aliphatic hydroxyl groups excluding tert-OH is 5. The lowest BCUT2D eigenvalue weighted by molar-refractivity contribution is -0.173. The largest absolute Gasteiger partial charge is 0.394 e. The molecule has 4 atom stereocenters. The highest BCUT2D eigenvalue weighted by molar-refractivity contribution is 5.86. The van der Waals surface area contributed by atoms with Crippen molar-refractivity contribution in [1.82, 2.24) is 0 Å². The van der Waals surface area contributed by atoms with Gasteiger partial charge in [-0.25, -0.2) is 0 Å². The van der Waals surface area contributed by atoms with Gasteiger partial charge in [0.05, 0.1) is 6.61 Å². The standard InChI is InChI=1S/C8H16O7/c1-2-15-8(14)7(13)6(12)5(11)4(10)3-9/h4-6,8-12,14H,2-3H2,1H3/t4-,5-,6+,8?/m1/s1. The summed E-state index contributed by atoms with van der Waals surface area (Å²) < 4.78 is 4.48. The Bertz CT molecular complexity index is 195. The van der Waals surface area contributed by atoms with Crippen LogP contribution < -0.4 is 0 Å². The van der Waals surface area contributed by atoms with Crippen LogP contribution in [0.15, 0.2) is 0 Å². The first-order valence-electron chi connectivity index (χ1n) is 4.44. The van der Waals surface area contributed by atoms with E-state index in [1.807, 2.05) is 0 Å². The zero-order valence-corrected chi connectivity index (χ0v) is 8.28. The van der Waals surface area contributed by atoms with Crippen LogP contribution in [0.4, 0.5) is 0 Å². The second-order valence-electron chi connectivity index (χ2n) is 2.90. The third-order valence-corrected chi connectivity index (χ3v) is 1.76. The minimum Gasteiger partial charge on any atom is -0.394 e. The Hall–Kier alpha value is -0.570. The van der Waals surface area contributed by atoms with E-state index < -0.39 is 37.0 Å². The van der Waals surface area contributed by atoms with Crippen LogP contribution in [0.5, 0.6) is 0 Å². The third-order valence-electron chi connectivity index (χ3n) is 1.76. The Labute approximate surface area is 86.5 Å². The normalized spacial score (nSPS) is 19.3. The molecule has 0 spiro atoms. The summed E-state index contributed by atoms with van der Waals surface area (Å²) in [5, 5.41) is 44.7. The molecule has 0 aliphatic carbocycles. The molecule has 0 aliphatic rings. The van der Waals surface area contributed by atoms with Gasteiger partial charge >= 0.3 is 0 Å². The summed E-state index contributed by atoms with van der Waals surface area (Å²) >= 11 is 0. The van der Waals surface area contributed by atoms with E-state index in [2.05, 4.69) is 4.74 Å². The zero-order chi connectivity index (χ0) is 12.0. The molecule has 0 aromatic heterocycles. The van der Waals surface area contributed by atoms with Crippen molar-refractivity contribution in [2.75, 3.05) is 13.2 Å². The molecular weight excluding hydrogens is 208 g/mol. The first-order chi connectivity index (χ1) is 6.95. The van der Waals surface area contributed by atoms with Crippen LogP contribution >= 0.6 is 0 Å². The van der Waals surface area contributed by atoms with E-state index >= 15 is 0 Å². The van der Waals surface area contributed by atoms with Gasteiger partial charge in [0.1, 0.15) is 18.3 Å². The molecule has 7 heteroatoms. The maximum atomic E-state index is 11.1. The van der Waals surface area contributed by atoms with Gasteiger partial charge in [0.25, 0.3) is 0 Å². The van der Waals surface area contributed by atoms with Gasteiger partial charge in [-0.05, 0) is 6.92 Å². The van der Waals surface area contributed by atoms with Crippen molar-refractivity contribution in [2.24, 2.45) is 0 Å². The number of carbonyl (C=O) groups excluding carboxylic acids is 1. The summed E-state index contributed by atoms with van der Waals surface area (Å²) in [5.74, 6) is -1.17. The monoisotopic (exact) mass is 224 g/mol. The molecule has 0 radical (unpaired) electrons. The summed E-state index contributed by atoms with van der Waals surface area (Å²) in [6.07, 6.45) is -7.38. The summed E-state index contributed by atoms with van der Waals surface area (Å²) in [6, 6.07) is 0. The molecule has 0 aliphatic heterocycles. The van der Waals surface area contributed by atoms with Crippen molar-refractivity contribution in [3.63, 3.8) is 0 Å². The van der Waals surface area contributed by atoms with E-state index in [1.165, 1.54) is 6.92 Å². The van der Waals surface area contributed by atoms with Crippen molar-refractivity contribution >= 4 is 5.78 Å². The topological polar surface area (TPSA) is 127 Å². The van der Waals surface area contributed by atoms with Crippen molar-refractivity contribution in [3.8, 4) is 0 Å². The fraction of sp³-hybridized carbons (Fsp3) is 0.875. The number of rotatable bonds is 7. The number of aliphatic hydroxyl groups is 5. The molecule has 0 saturated heterocycles. The molecule has 0 aromatic rings. The first-order valence-corrected chi connectivity index (χ1v) is 4.44. The van der Waals surface area contributed by atoms with Crippen molar-refractivity contribution < 1.29 is 35.1 Å². The van der Waals surface area contributed by atoms with Gasteiger partial charge in [0.2, 0.25) is 12.1 Å². The lowest BCUT2D eigenvalue weighted by Gasteiger charge is -2.22. The van der Waals surface area contributed by atoms with Crippen LogP contribution in [0.25, 0.3) is 0 Å². The molecule has 15 heavy (non-hydrogen) atoms. The molecule has 0 rings (SSSR count). The number of ether oxygens (including phenoxy) is 1. The Balaban J connectivity index is 4.30. The molecule has 0 fully saturated rings. The number of hydrogen-bond acceptors (Lipinski definition) is 7. The third kappa shape index (κ3) is 4.20. The second-order valence-corrected chi connectivity index (χ2v) is 2.90. The average Bonchev–Trinajstić information content (AvgIpc) is 2.25. The predicted molar refractivity (Wildman–Crippen MR) is 47.7 cm³/mol. The molecule has 0 amide bonds. The molecule has 0 bridgehead atoms. The van der Waals surface area contributed by atoms with Crippen LogP contribution in [0, 0.1) is 0 Å². The van der Waals surface area contributed by atoms with Gasteiger partial charge in [-0.2, -0.15) is 0 Å². The molecular formula is C8H16O7. The van der Waals surface area contributed by atoms with E-state index in [0.29, 0.717) is 0 Å². The quantitative estimate of drug-likeness (QED) is 0.291. The summed E-state index contributed by atoms with van der Waals surface area (Å²) in [6.45, 7) is 0.774. The van der Waals surface area contributed by atoms with Crippen LogP contribution in [0.1, 0.15) is 6.92 Å². The molecule has 1 unspecified atom stereocenters. The van der Waals surface area contributed by atoms with E-state index in [9.17, 15) is 9.90 Å². The van der Waals surface area contributed by atoms with Gasteiger partial charge in [0.15, 0.2) is 0 Å². The summed E-state index contributed by atoms with van der Waals surface area (Å²) in [4.78, 5) is 11.1. The SMILES string of the molecule is CCOC(O)C(=O)[C@@H](O)[C@H](O)[C@H](O)CO. The maximum absolute atomic E-state index is 11.1. The fourth-order valence-corrected chi connectivity index (χ4v) is 0.873. The summed E-state index contributed by atoms with van der Waals surface area (Å²) in [5.41, 5.74) is 0. The van der Waals surface area contributed by atoms with Gasteiger partial charge in [0, 0.05) is 6.61 Å². The van der Waals surface area contributed by atoms with Gasteiger partial charge in [-0.1, -0.05) is 0 Å². The highest BCUT2D eigenvalue weighted by Gasteiger charge is 2.33. The Morgan fingerprint density at radius 1 is 1.27 bits per heavy atom. The van der Waals surface area contributed by atoms with Gasteiger partial charge in [-0.15, -0.1) is 0 Å². The van der Waals surface area contributed by atoms with Crippen LogP contribution in [-0.2, 0) is 9.53 Å². The second kappa shape index (κ2) is 6.83. The maximum Gasteiger partial charge on any atom is 0.219 e. The van der Waals surface area contributed by atoms with E-state index in [0.717, 1.165) is 0 Å². The fourth-order valence-electron chi connectivity index (χ4n) is 0.873. The predicted octanol–water partition coefficient (Wildman–Crippen LogP) is -3.01. The van der Waals surface area contributed by atoms with Crippen LogP contribution in [-0.4, -0.2) is 69.1 Å². The number of ketones is 1. The summed E-state index contributed by atoms with van der Waals surface area (Å²) in [7, 11) is 0. The Morgan fingerprint density at radius 3 is 2.20 bits per heavy atom. The minimum atomic E-state index is -2.01. The van der Waals surface area contributed by atoms with Crippen LogP contribution in [0.3, 0.4) is 0 Å². The Kier molecular flexibility index (Phi) is 6.57. The van der Waals surface area contributed by atoms with E-state index in [-0.39, 0.29) is 6.61 Å². The number of carbonyl (C=O) groups is 1. The van der Waals surface area contributed by atoms with Gasteiger partial charge in [-0.3, -0.25) is 4.79 Å². The molecule has 0 heterocycles. The molecule has 90 valence electrons. The molecule has 0 saturated carbocycles. The van der Waals surface area contributed by atoms with Crippen molar-refractivity contribution in [2.45, 2.75) is 31.5 Å². The zero-order valence-electron chi connectivity index (χ0n) is 8.28.